The van der Waals surface area contributed by atoms with Gasteiger partial charge < -0.3 is 5.32 Å². The molecule has 88 valence electrons. The largest absolute Gasteiger partial charge is 0.312 e. The highest BCUT2D eigenvalue weighted by Gasteiger charge is 2.17. The lowest BCUT2D eigenvalue weighted by Gasteiger charge is -2.13. The minimum atomic E-state index is 0.666. The van der Waals surface area contributed by atoms with Crippen LogP contribution >= 0.6 is 24.2 Å². The number of fused-ring (bicyclic) bond motifs is 1. The molecule has 0 aliphatic carbocycles. The average Bonchev–Trinajstić information content (AvgIpc) is 2.76. The molecule has 2 aromatic rings. The molecule has 0 amide bonds. The van der Waals surface area contributed by atoms with Crippen LogP contribution in [0.5, 0.6) is 0 Å². The zero-order chi connectivity index (χ0) is 11.8. The number of H-pyrrole nitrogens is 1. The van der Waals surface area contributed by atoms with Crippen molar-refractivity contribution in [3.05, 3.63) is 34.5 Å². The normalized spacial score (nSPS) is 14.7. The third-order valence-electron chi connectivity index (χ3n) is 3.03. The average molecular weight is 266 g/mol. The molecule has 0 saturated heterocycles. The van der Waals surface area contributed by atoms with Gasteiger partial charge in [0.2, 0.25) is 0 Å². The first-order valence-electron chi connectivity index (χ1n) is 5.51. The van der Waals surface area contributed by atoms with Gasteiger partial charge in [-0.25, -0.2) is 0 Å². The molecule has 3 rings (SSSR count). The maximum Gasteiger partial charge on any atom is 0.0968 e. The van der Waals surface area contributed by atoms with Crippen molar-refractivity contribution in [2.45, 2.75) is 17.9 Å². The molecular formula is C12H12ClN3S. The molecule has 0 atom stereocenters. The van der Waals surface area contributed by atoms with Crippen LogP contribution in [0.25, 0.3) is 11.3 Å². The fourth-order valence-corrected chi connectivity index (χ4v) is 2.46. The SMILES string of the molecule is Sc1cc(-c2n[nH]c3c2CNCC3)ccc1Cl. The molecule has 0 spiro atoms. The zero-order valence-corrected chi connectivity index (χ0v) is 10.8. The second-order valence-electron chi connectivity index (χ2n) is 4.12. The summed E-state index contributed by atoms with van der Waals surface area (Å²) < 4.78 is 0. The predicted octanol–water partition coefficient (Wildman–Crippen LogP) is 2.66. The van der Waals surface area contributed by atoms with E-state index < -0.39 is 0 Å². The summed E-state index contributed by atoms with van der Waals surface area (Å²) >= 11 is 10.3. The van der Waals surface area contributed by atoms with E-state index in [1.807, 2.05) is 18.2 Å². The van der Waals surface area contributed by atoms with E-state index >= 15 is 0 Å². The molecular weight excluding hydrogens is 254 g/mol. The van der Waals surface area contributed by atoms with Crippen molar-refractivity contribution in [1.82, 2.24) is 15.5 Å². The number of hydrogen-bond donors (Lipinski definition) is 3. The molecule has 0 unspecified atom stereocenters. The molecule has 5 heteroatoms. The quantitative estimate of drug-likeness (QED) is 0.694. The van der Waals surface area contributed by atoms with Gasteiger partial charge in [-0.1, -0.05) is 17.7 Å². The van der Waals surface area contributed by atoms with E-state index in [0.717, 1.165) is 35.7 Å². The van der Waals surface area contributed by atoms with Crippen molar-refractivity contribution in [3.8, 4) is 11.3 Å². The highest BCUT2D eigenvalue weighted by Crippen LogP contribution is 2.30. The van der Waals surface area contributed by atoms with E-state index in [0.29, 0.717) is 5.02 Å². The number of halogens is 1. The summed E-state index contributed by atoms with van der Waals surface area (Å²) in [7, 11) is 0. The Balaban J connectivity index is 2.09. The monoisotopic (exact) mass is 265 g/mol. The van der Waals surface area contributed by atoms with E-state index in [-0.39, 0.29) is 0 Å². The fraction of sp³-hybridized carbons (Fsp3) is 0.250. The molecule has 0 bridgehead atoms. The minimum absolute atomic E-state index is 0.666. The lowest BCUT2D eigenvalue weighted by atomic mass is 10.0. The first-order valence-corrected chi connectivity index (χ1v) is 6.34. The minimum Gasteiger partial charge on any atom is -0.312 e. The number of aromatic amines is 1. The van der Waals surface area contributed by atoms with Crippen LogP contribution < -0.4 is 5.32 Å². The van der Waals surface area contributed by atoms with Gasteiger partial charge in [0.1, 0.15) is 0 Å². The number of nitrogens with zero attached hydrogens (tertiary/aromatic N) is 1. The maximum absolute atomic E-state index is 5.97. The smallest absolute Gasteiger partial charge is 0.0968 e. The van der Waals surface area contributed by atoms with Crippen LogP contribution in [0.1, 0.15) is 11.3 Å². The summed E-state index contributed by atoms with van der Waals surface area (Å²) in [5.74, 6) is 0. The summed E-state index contributed by atoms with van der Waals surface area (Å²) in [6.45, 7) is 1.87. The Labute approximate surface area is 110 Å². The Morgan fingerprint density at radius 1 is 1.35 bits per heavy atom. The second kappa shape index (κ2) is 4.37. The zero-order valence-electron chi connectivity index (χ0n) is 9.13. The Morgan fingerprint density at radius 2 is 2.24 bits per heavy atom. The first kappa shape index (κ1) is 11.1. The van der Waals surface area contributed by atoms with Crippen LogP contribution in [0.15, 0.2) is 23.1 Å². The van der Waals surface area contributed by atoms with E-state index in [2.05, 4.69) is 28.1 Å². The Kier molecular flexibility index (Phi) is 2.86. The van der Waals surface area contributed by atoms with Crippen LogP contribution in [0.4, 0.5) is 0 Å². The van der Waals surface area contributed by atoms with Gasteiger partial charge >= 0.3 is 0 Å². The third-order valence-corrected chi connectivity index (χ3v) is 3.86. The van der Waals surface area contributed by atoms with Gasteiger partial charge in [0.05, 0.1) is 10.7 Å². The van der Waals surface area contributed by atoms with Crippen molar-refractivity contribution in [1.29, 1.82) is 0 Å². The summed E-state index contributed by atoms with van der Waals surface area (Å²) in [4.78, 5) is 0.782. The van der Waals surface area contributed by atoms with Crippen LogP contribution in [0, 0.1) is 0 Å². The Hall–Kier alpha value is -0.970. The van der Waals surface area contributed by atoms with Gasteiger partial charge in [-0.2, -0.15) is 5.10 Å². The van der Waals surface area contributed by atoms with Crippen LogP contribution in [-0.2, 0) is 13.0 Å². The molecule has 0 saturated carbocycles. The molecule has 1 aromatic carbocycles. The number of thiol groups is 1. The van der Waals surface area contributed by atoms with Crippen molar-refractivity contribution < 1.29 is 0 Å². The van der Waals surface area contributed by atoms with Crippen molar-refractivity contribution in [3.63, 3.8) is 0 Å². The molecule has 17 heavy (non-hydrogen) atoms. The van der Waals surface area contributed by atoms with Gasteiger partial charge in [0.15, 0.2) is 0 Å². The van der Waals surface area contributed by atoms with E-state index in [4.69, 9.17) is 11.6 Å². The molecule has 0 fully saturated rings. The molecule has 2 N–H and O–H groups in total. The lowest BCUT2D eigenvalue weighted by molar-refractivity contribution is 0.637. The molecule has 2 heterocycles. The first-order chi connectivity index (χ1) is 8.25. The molecule has 1 aliphatic rings. The van der Waals surface area contributed by atoms with Gasteiger partial charge in [-0.15, -0.1) is 12.6 Å². The standard InChI is InChI=1S/C12H12ClN3S/c13-9-2-1-7(5-11(9)17)12-8-6-14-4-3-10(8)15-16-12/h1-2,5,14,17H,3-4,6H2,(H,15,16). The van der Waals surface area contributed by atoms with Crippen molar-refractivity contribution in [2.24, 2.45) is 0 Å². The molecule has 3 nitrogen and oxygen atoms in total. The summed E-state index contributed by atoms with van der Waals surface area (Å²) in [5.41, 5.74) is 4.54. The van der Waals surface area contributed by atoms with Crippen molar-refractivity contribution >= 4 is 24.2 Å². The maximum atomic E-state index is 5.97. The van der Waals surface area contributed by atoms with E-state index in [1.54, 1.807) is 0 Å². The number of rotatable bonds is 1. The molecule has 0 radical (unpaired) electrons. The lowest BCUT2D eigenvalue weighted by Crippen LogP contribution is -2.23. The fourth-order valence-electron chi connectivity index (χ4n) is 2.12. The number of nitrogens with one attached hydrogen (secondary N) is 2. The van der Waals surface area contributed by atoms with Gasteiger partial charge in [-0.3, -0.25) is 5.10 Å². The Bertz CT molecular complexity index is 565. The summed E-state index contributed by atoms with van der Waals surface area (Å²) in [6, 6.07) is 5.79. The topological polar surface area (TPSA) is 40.7 Å². The van der Waals surface area contributed by atoms with Crippen LogP contribution in [-0.4, -0.2) is 16.7 Å². The van der Waals surface area contributed by atoms with Gasteiger partial charge in [-0.05, 0) is 12.1 Å². The van der Waals surface area contributed by atoms with Crippen LogP contribution in [0.2, 0.25) is 5.02 Å². The van der Waals surface area contributed by atoms with Gasteiger partial charge in [0.25, 0.3) is 0 Å². The third kappa shape index (κ3) is 1.97. The van der Waals surface area contributed by atoms with Crippen molar-refractivity contribution in [2.75, 3.05) is 6.54 Å². The van der Waals surface area contributed by atoms with E-state index in [9.17, 15) is 0 Å². The second-order valence-corrected chi connectivity index (χ2v) is 5.01. The number of aromatic nitrogens is 2. The number of hydrogen-bond acceptors (Lipinski definition) is 3. The predicted molar refractivity (Wildman–Crippen MR) is 71.7 cm³/mol. The highest BCUT2D eigenvalue weighted by atomic mass is 35.5. The molecule has 1 aromatic heterocycles. The number of benzene rings is 1. The van der Waals surface area contributed by atoms with Crippen LogP contribution in [0.3, 0.4) is 0 Å². The van der Waals surface area contributed by atoms with Gasteiger partial charge in [0, 0.05) is 41.2 Å². The Morgan fingerprint density at radius 3 is 3.06 bits per heavy atom. The summed E-state index contributed by atoms with van der Waals surface area (Å²) in [6.07, 6.45) is 1.00. The highest BCUT2D eigenvalue weighted by molar-refractivity contribution is 7.80. The summed E-state index contributed by atoms with van der Waals surface area (Å²) in [5, 5.41) is 11.5. The van der Waals surface area contributed by atoms with E-state index in [1.165, 1.54) is 11.3 Å². The molecule has 1 aliphatic heterocycles.